The van der Waals surface area contributed by atoms with Crippen LogP contribution in [0.25, 0.3) is 22.3 Å². The van der Waals surface area contributed by atoms with Crippen LogP contribution in [0, 0.1) is 0 Å². The minimum Gasteiger partial charge on any atom is -0.508 e. The van der Waals surface area contributed by atoms with Gasteiger partial charge in [0.2, 0.25) is 0 Å². The van der Waals surface area contributed by atoms with Crippen LogP contribution < -0.4 is 5.43 Å². The summed E-state index contributed by atoms with van der Waals surface area (Å²) in [5.41, 5.74) is 0.887. The summed E-state index contributed by atoms with van der Waals surface area (Å²) in [7, 11) is 0. The van der Waals surface area contributed by atoms with Gasteiger partial charge in [-0.1, -0.05) is 6.07 Å². The second kappa shape index (κ2) is 8.90. The average molecular weight is 465 g/mol. The predicted molar refractivity (Wildman–Crippen MR) is 128 cm³/mol. The first kappa shape index (κ1) is 21.5. The van der Waals surface area contributed by atoms with Crippen LogP contribution in [0.5, 0.6) is 17.2 Å². The van der Waals surface area contributed by atoms with Crippen molar-refractivity contribution >= 4 is 22.3 Å². The molecular formula is C25H24N2O5S. The normalized spacial score (nSPS) is 15.3. The largest absolute Gasteiger partial charge is 0.508 e. The minimum absolute atomic E-state index is 0.0571. The van der Waals surface area contributed by atoms with Gasteiger partial charge in [-0.3, -0.25) is 14.6 Å². The molecule has 0 saturated carbocycles. The van der Waals surface area contributed by atoms with Crippen LogP contribution in [0.2, 0.25) is 0 Å². The molecule has 1 aliphatic heterocycles. The molecule has 3 N–H and O–H groups in total. The van der Waals surface area contributed by atoms with E-state index in [4.69, 9.17) is 4.42 Å². The molecule has 0 bridgehead atoms. The van der Waals surface area contributed by atoms with Gasteiger partial charge < -0.3 is 19.7 Å². The van der Waals surface area contributed by atoms with Gasteiger partial charge in [-0.25, -0.2) is 0 Å². The number of phenolic OH excluding ortho intramolecular Hbond substituents is 3. The van der Waals surface area contributed by atoms with Crippen LogP contribution in [-0.4, -0.2) is 51.3 Å². The van der Waals surface area contributed by atoms with Gasteiger partial charge in [0.25, 0.3) is 0 Å². The Morgan fingerprint density at radius 1 is 0.879 bits per heavy atom. The Morgan fingerprint density at radius 2 is 1.58 bits per heavy atom. The molecule has 0 radical (unpaired) electrons. The molecule has 7 nitrogen and oxygen atoms in total. The van der Waals surface area contributed by atoms with Crippen LogP contribution in [-0.2, 0) is 13.1 Å². The molecule has 0 aliphatic carbocycles. The lowest BCUT2D eigenvalue weighted by atomic mass is 10.1. The summed E-state index contributed by atoms with van der Waals surface area (Å²) in [4.78, 5) is 18.8. The topological polar surface area (TPSA) is 97.4 Å². The number of benzene rings is 2. The van der Waals surface area contributed by atoms with E-state index in [-0.39, 0.29) is 33.6 Å². The summed E-state index contributed by atoms with van der Waals surface area (Å²) in [6.45, 7) is 4.76. The average Bonchev–Trinajstić information content (AvgIpc) is 3.31. The molecule has 5 rings (SSSR count). The first-order chi connectivity index (χ1) is 16.0. The van der Waals surface area contributed by atoms with Crippen molar-refractivity contribution in [2.24, 2.45) is 0 Å². The number of piperazine rings is 1. The highest BCUT2D eigenvalue weighted by molar-refractivity contribution is 7.09. The van der Waals surface area contributed by atoms with Gasteiger partial charge >= 0.3 is 0 Å². The number of hydrogen-bond acceptors (Lipinski definition) is 8. The first-order valence-corrected chi connectivity index (χ1v) is 11.6. The third-order valence-electron chi connectivity index (χ3n) is 6.02. The Hall–Kier alpha value is -3.33. The third-order valence-corrected chi connectivity index (χ3v) is 6.88. The summed E-state index contributed by atoms with van der Waals surface area (Å²) in [6.07, 6.45) is 0. The Balaban J connectivity index is 1.44. The molecule has 4 aromatic rings. The molecule has 1 saturated heterocycles. The van der Waals surface area contributed by atoms with E-state index in [0.717, 1.165) is 32.7 Å². The van der Waals surface area contributed by atoms with Gasteiger partial charge in [0.05, 0.1) is 5.56 Å². The van der Waals surface area contributed by atoms with Crippen LogP contribution in [0.4, 0.5) is 0 Å². The zero-order chi connectivity index (χ0) is 22.9. The van der Waals surface area contributed by atoms with E-state index < -0.39 is 0 Å². The molecule has 2 aromatic heterocycles. The quantitative estimate of drug-likeness (QED) is 0.411. The fourth-order valence-electron chi connectivity index (χ4n) is 4.23. The van der Waals surface area contributed by atoms with Crippen molar-refractivity contribution in [3.8, 4) is 28.6 Å². The zero-order valence-electron chi connectivity index (χ0n) is 17.9. The number of hydrogen-bond donors (Lipinski definition) is 3. The van der Waals surface area contributed by atoms with Crippen LogP contribution in [0.3, 0.4) is 0 Å². The van der Waals surface area contributed by atoms with Gasteiger partial charge in [0.15, 0.2) is 11.0 Å². The third kappa shape index (κ3) is 4.45. The number of fused-ring (bicyclic) bond motifs is 1. The molecule has 0 amide bonds. The summed E-state index contributed by atoms with van der Waals surface area (Å²) in [6, 6.07) is 13.1. The van der Waals surface area contributed by atoms with Crippen LogP contribution in [0.1, 0.15) is 10.4 Å². The molecule has 170 valence electrons. The minimum atomic E-state index is -0.390. The van der Waals surface area contributed by atoms with Crippen molar-refractivity contribution in [2.45, 2.75) is 13.1 Å². The van der Waals surface area contributed by atoms with Crippen molar-refractivity contribution in [3.05, 3.63) is 74.6 Å². The highest BCUT2D eigenvalue weighted by Gasteiger charge is 2.23. The summed E-state index contributed by atoms with van der Waals surface area (Å²) < 4.78 is 6.06. The maximum absolute atomic E-state index is 12.8. The van der Waals surface area contributed by atoms with Crippen molar-refractivity contribution < 1.29 is 19.7 Å². The molecular weight excluding hydrogens is 440 g/mol. The van der Waals surface area contributed by atoms with E-state index in [0.29, 0.717) is 23.4 Å². The SMILES string of the molecule is O=c1cc(-c2ccc(O)cc2)oc2c(CN3CCN(Cc4cccs4)CC3)c(O)cc(O)c12. The van der Waals surface area contributed by atoms with Gasteiger partial charge in [-0.05, 0) is 35.7 Å². The number of thiophene rings is 1. The summed E-state index contributed by atoms with van der Waals surface area (Å²) in [5, 5.41) is 32.7. The Labute approximate surface area is 194 Å². The van der Waals surface area contributed by atoms with E-state index in [9.17, 15) is 20.1 Å². The lowest BCUT2D eigenvalue weighted by Crippen LogP contribution is -2.45. The predicted octanol–water partition coefficient (Wildman–Crippen LogP) is 3.96. The van der Waals surface area contributed by atoms with E-state index >= 15 is 0 Å². The van der Waals surface area contributed by atoms with Gasteiger partial charge in [-0.15, -0.1) is 11.3 Å². The maximum Gasteiger partial charge on any atom is 0.197 e. The van der Waals surface area contributed by atoms with Crippen molar-refractivity contribution in [2.75, 3.05) is 26.2 Å². The number of aromatic hydroxyl groups is 3. The van der Waals surface area contributed by atoms with Gasteiger partial charge in [0.1, 0.15) is 28.4 Å². The van der Waals surface area contributed by atoms with Gasteiger partial charge in [-0.2, -0.15) is 0 Å². The second-order valence-electron chi connectivity index (χ2n) is 8.25. The van der Waals surface area contributed by atoms with E-state index in [2.05, 4.69) is 27.3 Å². The Morgan fingerprint density at radius 3 is 2.24 bits per heavy atom. The molecule has 1 aliphatic rings. The Bertz CT molecular complexity index is 1320. The molecule has 33 heavy (non-hydrogen) atoms. The van der Waals surface area contributed by atoms with E-state index in [1.165, 1.54) is 29.1 Å². The highest BCUT2D eigenvalue weighted by atomic mass is 32.1. The van der Waals surface area contributed by atoms with E-state index in [1.807, 2.05) is 0 Å². The molecule has 2 aromatic carbocycles. The molecule has 3 heterocycles. The highest BCUT2D eigenvalue weighted by Crippen LogP contribution is 2.36. The van der Waals surface area contributed by atoms with Gasteiger partial charge in [0, 0.05) is 61.8 Å². The smallest absolute Gasteiger partial charge is 0.197 e. The van der Waals surface area contributed by atoms with Crippen molar-refractivity contribution in [3.63, 3.8) is 0 Å². The Kier molecular flexibility index (Phi) is 5.80. The maximum atomic E-state index is 12.8. The lowest BCUT2D eigenvalue weighted by molar-refractivity contribution is 0.122. The first-order valence-electron chi connectivity index (χ1n) is 10.8. The second-order valence-corrected chi connectivity index (χ2v) is 9.28. The monoisotopic (exact) mass is 464 g/mol. The summed E-state index contributed by atoms with van der Waals surface area (Å²) >= 11 is 1.76. The van der Waals surface area contributed by atoms with Crippen molar-refractivity contribution in [1.29, 1.82) is 0 Å². The van der Waals surface area contributed by atoms with Crippen LogP contribution >= 0.6 is 11.3 Å². The molecule has 0 spiro atoms. The lowest BCUT2D eigenvalue weighted by Gasteiger charge is -2.34. The molecule has 1 fully saturated rings. The van der Waals surface area contributed by atoms with Crippen LogP contribution in [0.15, 0.2) is 63.1 Å². The molecule has 0 atom stereocenters. The van der Waals surface area contributed by atoms with E-state index in [1.54, 1.807) is 23.5 Å². The number of phenols is 3. The molecule has 8 heteroatoms. The number of rotatable bonds is 5. The molecule has 0 unspecified atom stereocenters. The fourth-order valence-corrected chi connectivity index (χ4v) is 4.97. The zero-order valence-corrected chi connectivity index (χ0v) is 18.7. The summed E-state index contributed by atoms with van der Waals surface area (Å²) in [5.74, 6) is 0.000599. The number of nitrogens with zero attached hydrogens (tertiary/aromatic N) is 2. The standard InChI is InChI=1S/C25H24N2O5S/c28-17-5-3-16(4-6-17)23-13-22(31)24-21(30)12-20(29)19(25(24)32-23)15-27-9-7-26(8-10-27)14-18-2-1-11-33-18/h1-6,11-13,28-30H,7-10,14-15H2. The fraction of sp³-hybridized carbons (Fsp3) is 0.240. The van der Waals surface area contributed by atoms with Crippen molar-refractivity contribution in [1.82, 2.24) is 9.80 Å².